The topological polar surface area (TPSA) is 140 Å². The minimum atomic E-state index is -1.78. The smallest absolute Gasteiger partial charge is 0.338 e. The number of aliphatic hydroxyl groups excluding tert-OH is 1. The molecule has 1 heterocycles. The number of aliphatic hydroxyl groups is 1. The Morgan fingerprint density at radius 3 is 1.45 bits per heavy atom. The molecule has 0 aliphatic carbocycles. The molecule has 5 aromatic rings. The van der Waals surface area contributed by atoms with Crippen LogP contribution in [0.3, 0.4) is 0 Å². The second-order valence-corrected chi connectivity index (χ2v) is 11.3. The maximum Gasteiger partial charge on any atom is 0.338 e. The molecule has 0 spiro atoms. The molecule has 1 aliphatic heterocycles. The van der Waals surface area contributed by atoms with Gasteiger partial charge in [-0.25, -0.2) is 9.59 Å². The first-order valence-electron chi connectivity index (χ1n) is 15.7. The third-order valence-corrected chi connectivity index (χ3v) is 8.33. The number of carbonyl (C=O) groups is 2. The standard InChI is InChI=1S/C39H33N3O7/c40-42-41-33-32(26-46-39(29-20-10-3-11-21-29,30-22-12-4-13-23-30)31-24-14-5-15-25-31)47-38(45)35(49-37(44)28-18-8-2-9-19-28)34(33)48-36(43)27-16-6-1-7-17-27/h1-25,32-35,38,45H,26H2/t32?,33-,34-,35?,38+/m1/s1. The number of benzene rings is 5. The first-order chi connectivity index (χ1) is 24.0. The van der Waals surface area contributed by atoms with Crippen LogP contribution in [0.2, 0.25) is 0 Å². The summed E-state index contributed by atoms with van der Waals surface area (Å²) >= 11 is 0. The van der Waals surface area contributed by atoms with Gasteiger partial charge in [0.15, 0.2) is 18.5 Å². The molecular weight excluding hydrogens is 622 g/mol. The van der Waals surface area contributed by atoms with Gasteiger partial charge in [-0.1, -0.05) is 133 Å². The van der Waals surface area contributed by atoms with Crippen LogP contribution >= 0.6 is 0 Å². The average molecular weight is 656 g/mol. The Morgan fingerprint density at radius 1 is 0.653 bits per heavy atom. The highest BCUT2D eigenvalue weighted by molar-refractivity contribution is 5.90. The van der Waals surface area contributed by atoms with Crippen molar-refractivity contribution in [3.05, 3.63) is 190 Å². The van der Waals surface area contributed by atoms with Crippen molar-refractivity contribution in [1.29, 1.82) is 0 Å². The number of hydrogen-bond donors (Lipinski definition) is 1. The zero-order valence-electron chi connectivity index (χ0n) is 26.3. The van der Waals surface area contributed by atoms with Crippen molar-refractivity contribution in [2.75, 3.05) is 6.61 Å². The minimum Gasteiger partial charge on any atom is -0.454 e. The van der Waals surface area contributed by atoms with E-state index in [0.29, 0.717) is 0 Å². The van der Waals surface area contributed by atoms with Crippen LogP contribution in [0.25, 0.3) is 10.4 Å². The van der Waals surface area contributed by atoms with Gasteiger partial charge >= 0.3 is 11.9 Å². The van der Waals surface area contributed by atoms with Crippen LogP contribution in [0.4, 0.5) is 0 Å². The van der Waals surface area contributed by atoms with Crippen molar-refractivity contribution >= 4 is 11.9 Å². The van der Waals surface area contributed by atoms with Crippen molar-refractivity contribution in [3.8, 4) is 0 Å². The highest BCUT2D eigenvalue weighted by atomic mass is 16.7. The number of azide groups is 1. The molecule has 0 amide bonds. The van der Waals surface area contributed by atoms with E-state index in [-0.39, 0.29) is 17.7 Å². The normalized spacial score (nSPS) is 20.4. The van der Waals surface area contributed by atoms with Gasteiger partial charge in [-0.3, -0.25) is 0 Å². The Morgan fingerprint density at radius 2 is 1.04 bits per heavy atom. The molecule has 0 aromatic heterocycles. The van der Waals surface area contributed by atoms with E-state index >= 15 is 0 Å². The molecule has 1 saturated heterocycles. The number of carbonyl (C=O) groups excluding carboxylic acids is 2. The molecule has 0 radical (unpaired) electrons. The predicted octanol–water partition coefficient (Wildman–Crippen LogP) is 6.84. The van der Waals surface area contributed by atoms with Crippen LogP contribution in [-0.2, 0) is 24.5 Å². The van der Waals surface area contributed by atoms with Crippen LogP contribution < -0.4 is 0 Å². The number of nitrogens with zero attached hydrogens (tertiary/aromatic N) is 3. The van der Waals surface area contributed by atoms with E-state index in [1.54, 1.807) is 60.7 Å². The van der Waals surface area contributed by atoms with Gasteiger partial charge in [0.1, 0.15) is 11.6 Å². The van der Waals surface area contributed by atoms with Gasteiger partial charge in [-0.15, -0.1) is 0 Å². The lowest BCUT2D eigenvalue weighted by Gasteiger charge is -2.44. The Bertz CT molecular complexity index is 1780. The molecule has 1 fully saturated rings. The van der Waals surface area contributed by atoms with E-state index < -0.39 is 48.2 Å². The predicted molar refractivity (Wildman–Crippen MR) is 180 cm³/mol. The summed E-state index contributed by atoms with van der Waals surface area (Å²) in [7, 11) is 0. The number of hydrogen-bond acceptors (Lipinski definition) is 8. The van der Waals surface area contributed by atoms with E-state index in [9.17, 15) is 20.2 Å². The Kier molecular flexibility index (Phi) is 10.4. The molecule has 5 atom stereocenters. The quantitative estimate of drug-likeness (QED) is 0.0540. The summed E-state index contributed by atoms with van der Waals surface area (Å²) in [4.78, 5) is 29.6. The first kappa shape index (κ1) is 33.1. The van der Waals surface area contributed by atoms with Crippen LogP contribution in [0.1, 0.15) is 37.4 Å². The highest BCUT2D eigenvalue weighted by Crippen LogP contribution is 2.41. The Hall–Kier alpha value is -5.77. The molecule has 1 N–H and O–H groups in total. The van der Waals surface area contributed by atoms with Crippen molar-refractivity contribution in [1.82, 2.24) is 0 Å². The van der Waals surface area contributed by atoms with Crippen LogP contribution in [0.5, 0.6) is 0 Å². The summed E-state index contributed by atoms with van der Waals surface area (Å²) in [6.45, 7) is -0.238. The van der Waals surface area contributed by atoms with Gasteiger partial charge in [-0.05, 0) is 46.5 Å². The molecule has 0 bridgehead atoms. The summed E-state index contributed by atoms with van der Waals surface area (Å²) in [5, 5.41) is 15.3. The van der Waals surface area contributed by atoms with Gasteiger partial charge in [0, 0.05) is 4.91 Å². The average Bonchev–Trinajstić information content (AvgIpc) is 3.16. The maximum atomic E-state index is 13.4. The summed E-state index contributed by atoms with van der Waals surface area (Å²) < 4.78 is 24.5. The fourth-order valence-electron chi connectivity index (χ4n) is 6.01. The fraction of sp³-hybridized carbons (Fsp3) is 0.179. The molecule has 0 saturated carbocycles. The summed E-state index contributed by atoms with van der Waals surface area (Å²) in [6, 6.07) is 43.9. The molecule has 2 unspecified atom stereocenters. The van der Waals surface area contributed by atoms with E-state index in [1.807, 2.05) is 91.0 Å². The second kappa shape index (κ2) is 15.4. The summed E-state index contributed by atoms with van der Waals surface area (Å²) in [6.07, 6.45) is -5.93. The minimum absolute atomic E-state index is 0.201. The molecule has 5 aromatic carbocycles. The Labute approximate surface area is 283 Å². The summed E-state index contributed by atoms with van der Waals surface area (Å²) in [5.74, 6) is -1.56. The third-order valence-electron chi connectivity index (χ3n) is 8.33. The molecule has 10 nitrogen and oxygen atoms in total. The van der Waals surface area contributed by atoms with E-state index in [1.165, 1.54) is 0 Å². The fourth-order valence-corrected chi connectivity index (χ4v) is 6.01. The molecule has 6 rings (SSSR count). The zero-order valence-corrected chi connectivity index (χ0v) is 26.3. The summed E-state index contributed by atoms with van der Waals surface area (Å²) in [5.41, 5.74) is 11.4. The van der Waals surface area contributed by atoms with Crippen LogP contribution in [-0.4, -0.2) is 54.3 Å². The van der Waals surface area contributed by atoms with Gasteiger partial charge in [0.25, 0.3) is 0 Å². The lowest BCUT2D eigenvalue weighted by atomic mass is 9.80. The maximum absolute atomic E-state index is 13.4. The van der Waals surface area contributed by atoms with Gasteiger partial charge < -0.3 is 24.1 Å². The molecular formula is C39H33N3O7. The van der Waals surface area contributed by atoms with Crippen molar-refractivity contribution in [3.63, 3.8) is 0 Å². The zero-order chi connectivity index (χ0) is 34.1. The number of rotatable bonds is 11. The van der Waals surface area contributed by atoms with Crippen molar-refractivity contribution in [2.24, 2.45) is 5.11 Å². The van der Waals surface area contributed by atoms with Crippen molar-refractivity contribution < 1.29 is 33.6 Å². The highest BCUT2D eigenvalue weighted by Gasteiger charge is 2.51. The SMILES string of the molecule is [N-]=[N+]=N[C@@H]1C(COC(c2ccccc2)(c2ccccc2)c2ccccc2)O[C@H](O)C(OC(=O)c2ccccc2)[C@@H]1OC(=O)c1ccccc1. The molecule has 246 valence electrons. The number of esters is 2. The van der Waals surface area contributed by atoms with Gasteiger partial charge in [-0.2, -0.15) is 0 Å². The van der Waals surface area contributed by atoms with Crippen molar-refractivity contribution in [2.45, 2.75) is 36.2 Å². The van der Waals surface area contributed by atoms with Gasteiger partial charge in [0.2, 0.25) is 0 Å². The number of ether oxygens (including phenoxy) is 4. The molecule has 10 heteroatoms. The third kappa shape index (κ3) is 7.23. The second-order valence-electron chi connectivity index (χ2n) is 11.3. The largest absolute Gasteiger partial charge is 0.454 e. The van der Waals surface area contributed by atoms with Gasteiger partial charge in [0.05, 0.1) is 23.8 Å². The lowest BCUT2D eigenvalue weighted by molar-refractivity contribution is -0.263. The van der Waals surface area contributed by atoms with E-state index in [2.05, 4.69) is 10.0 Å². The van der Waals surface area contributed by atoms with E-state index in [0.717, 1.165) is 16.7 Å². The first-order valence-corrected chi connectivity index (χ1v) is 15.7. The van der Waals surface area contributed by atoms with Crippen LogP contribution in [0.15, 0.2) is 157 Å². The lowest BCUT2D eigenvalue weighted by Crippen LogP contribution is -2.61. The van der Waals surface area contributed by atoms with Crippen LogP contribution in [0, 0.1) is 0 Å². The van der Waals surface area contributed by atoms with E-state index in [4.69, 9.17) is 18.9 Å². The molecule has 1 aliphatic rings. The Balaban J connectivity index is 1.39. The molecule has 49 heavy (non-hydrogen) atoms. The monoisotopic (exact) mass is 655 g/mol.